The van der Waals surface area contributed by atoms with Crippen LogP contribution in [0, 0.1) is 0 Å². The lowest BCUT2D eigenvalue weighted by molar-refractivity contribution is -0.0721. The Labute approximate surface area is 187 Å². The van der Waals surface area contributed by atoms with Crippen molar-refractivity contribution in [3.05, 3.63) is 0 Å². The van der Waals surface area contributed by atoms with Gasteiger partial charge in [0.25, 0.3) is 0 Å². The molecule has 1 N–H and O–H groups in total. The topological polar surface area (TPSA) is 52.6 Å². The van der Waals surface area contributed by atoms with E-state index >= 15 is 0 Å². The molecular weight excluding hydrogens is 469 g/mol. The Bertz CT molecular complexity index is 487. The Hall–Kier alpha value is -0.160. The highest BCUT2D eigenvalue weighted by molar-refractivity contribution is 14.0. The van der Waals surface area contributed by atoms with Crippen molar-refractivity contribution in [2.24, 2.45) is 4.99 Å². The van der Waals surface area contributed by atoms with E-state index in [9.17, 15) is 0 Å². The van der Waals surface area contributed by atoms with Crippen LogP contribution in [-0.4, -0.2) is 112 Å². The number of fused-ring (bicyclic) bond motifs is 3. The van der Waals surface area contributed by atoms with E-state index in [2.05, 4.69) is 25.0 Å². The van der Waals surface area contributed by atoms with Crippen LogP contribution < -0.4 is 5.32 Å². The molecule has 0 radical (unpaired) electrons. The maximum Gasteiger partial charge on any atom is 0.193 e. The number of ether oxygens (including phenoxy) is 2. The van der Waals surface area contributed by atoms with E-state index in [1.165, 1.54) is 45.6 Å². The Morgan fingerprint density at radius 3 is 2.46 bits per heavy atom. The summed E-state index contributed by atoms with van der Waals surface area (Å²) in [4.78, 5) is 12.2. The number of halogens is 1. The summed E-state index contributed by atoms with van der Waals surface area (Å²) >= 11 is 0. The standard InChI is InChI=1S/C20H37N5O2.HI/c1-21-20(22-14-17-15-23-9-11-24(17)12-10-23)25-7-5-18(6-8-25)27-16-19-4-2-3-13-26-19;/h17-19H,2-16H2,1H3,(H,21,22);1H. The smallest absolute Gasteiger partial charge is 0.193 e. The van der Waals surface area contributed by atoms with Gasteiger partial charge in [-0.15, -0.1) is 24.0 Å². The average Bonchev–Trinajstić information content (AvgIpc) is 2.75. The van der Waals surface area contributed by atoms with Gasteiger partial charge in [-0.1, -0.05) is 0 Å². The Morgan fingerprint density at radius 1 is 1.07 bits per heavy atom. The van der Waals surface area contributed by atoms with Crippen LogP contribution in [0.5, 0.6) is 0 Å². The van der Waals surface area contributed by atoms with Crippen molar-refractivity contribution < 1.29 is 9.47 Å². The zero-order chi connectivity index (χ0) is 18.5. The van der Waals surface area contributed by atoms with Crippen LogP contribution in [0.1, 0.15) is 32.1 Å². The second-order valence-electron chi connectivity index (χ2n) is 8.43. The third-order valence-electron chi connectivity index (χ3n) is 6.63. The molecule has 162 valence electrons. The molecule has 0 saturated carbocycles. The van der Waals surface area contributed by atoms with Crippen molar-refractivity contribution in [2.45, 2.75) is 50.4 Å². The number of likely N-dealkylation sites (tertiary alicyclic amines) is 1. The molecule has 5 fully saturated rings. The Kier molecular flexibility index (Phi) is 9.08. The van der Waals surface area contributed by atoms with Gasteiger partial charge in [-0.05, 0) is 32.1 Å². The third-order valence-corrected chi connectivity index (χ3v) is 6.63. The number of piperidine rings is 1. The van der Waals surface area contributed by atoms with Gasteiger partial charge in [0.1, 0.15) is 0 Å². The summed E-state index contributed by atoms with van der Waals surface area (Å²) in [5.74, 6) is 1.06. The number of nitrogens with one attached hydrogen (secondary N) is 1. The molecule has 5 aliphatic heterocycles. The number of hydrogen-bond donors (Lipinski definition) is 1. The summed E-state index contributed by atoms with van der Waals surface area (Å²) in [6.45, 7) is 10.8. The summed E-state index contributed by atoms with van der Waals surface area (Å²) in [5.41, 5.74) is 0. The molecule has 2 atom stereocenters. The van der Waals surface area contributed by atoms with Crippen LogP contribution >= 0.6 is 24.0 Å². The van der Waals surface area contributed by atoms with Crippen molar-refractivity contribution in [1.82, 2.24) is 20.0 Å². The molecule has 0 aromatic rings. The summed E-state index contributed by atoms with van der Waals surface area (Å²) < 4.78 is 11.9. The Morgan fingerprint density at radius 2 is 1.86 bits per heavy atom. The second kappa shape index (κ2) is 11.3. The second-order valence-corrected chi connectivity index (χ2v) is 8.43. The highest BCUT2D eigenvalue weighted by Gasteiger charge is 2.32. The zero-order valence-corrected chi connectivity index (χ0v) is 19.7. The Balaban J connectivity index is 0.00000225. The molecule has 0 aliphatic carbocycles. The predicted octanol–water partition coefficient (Wildman–Crippen LogP) is 1.23. The van der Waals surface area contributed by atoms with Crippen molar-refractivity contribution in [2.75, 3.05) is 72.6 Å². The average molecular weight is 507 g/mol. The van der Waals surface area contributed by atoms with Gasteiger partial charge in [-0.3, -0.25) is 14.8 Å². The molecule has 0 aromatic carbocycles. The maximum absolute atomic E-state index is 6.15. The van der Waals surface area contributed by atoms with Crippen LogP contribution in [0.4, 0.5) is 0 Å². The molecular formula is C20H38IN5O2. The lowest BCUT2D eigenvalue weighted by Gasteiger charge is -2.47. The molecule has 28 heavy (non-hydrogen) atoms. The lowest BCUT2D eigenvalue weighted by Crippen LogP contribution is -2.64. The van der Waals surface area contributed by atoms with Gasteiger partial charge >= 0.3 is 0 Å². The minimum absolute atomic E-state index is 0. The molecule has 2 unspecified atom stereocenters. The number of piperazine rings is 3. The van der Waals surface area contributed by atoms with Crippen molar-refractivity contribution in [3.8, 4) is 0 Å². The first-order chi connectivity index (χ1) is 13.3. The summed E-state index contributed by atoms with van der Waals surface area (Å²) in [6, 6.07) is 0.626. The minimum Gasteiger partial charge on any atom is -0.376 e. The molecule has 2 bridgehead atoms. The fraction of sp³-hybridized carbons (Fsp3) is 0.950. The molecule has 0 spiro atoms. The van der Waals surface area contributed by atoms with E-state index in [1.54, 1.807) is 0 Å². The van der Waals surface area contributed by atoms with Crippen LogP contribution in [0.25, 0.3) is 0 Å². The van der Waals surface area contributed by atoms with Gasteiger partial charge in [0.05, 0.1) is 18.8 Å². The fourth-order valence-electron chi connectivity index (χ4n) is 4.88. The number of rotatable bonds is 5. The third kappa shape index (κ3) is 5.93. The number of hydrogen-bond acceptors (Lipinski definition) is 5. The van der Waals surface area contributed by atoms with E-state index < -0.39 is 0 Å². The lowest BCUT2D eigenvalue weighted by atomic mass is 10.1. The molecule has 5 heterocycles. The zero-order valence-electron chi connectivity index (χ0n) is 17.4. The van der Waals surface area contributed by atoms with E-state index in [0.717, 1.165) is 58.1 Å². The number of nitrogens with zero attached hydrogens (tertiary/aromatic N) is 4. The van der Waals surface area contributed by atoms with Gasteiger partial charge < -0.3 is 19.7 Å². The highest BCUT2D eigenvalue weighted by atomic mass is 127. The van der Waals surface area contributed by atoms with Crippen LogP contribution in [-0.2, 0) is 9.47 Å². The van der Waals surface area contributed by atoms with Crippen LogP contribution in [0.2, 0.25) is 0 Å². The molecule has 8 heteroatoms. The summed E-state index contributed by atoms with van der Waals surface area (Å²) in [6.07, 6.45) is 6.50. The monoisotopic (exact) mass is 507 g/mol. The highest BCUT2D eigenvalue weighted by Crippen LogP contribution is 2.18. The van der Waals surface area contributed by atoms with Gasteiger partial charge in [0.15, 0.2) is 5.96 Å². The quantitative estimate of drug-likeness (QED) is 0.344. The van der Waals surface area contributed by atoms with E-state index in [0.29, 0.717) is 18.2 Å². The molecule has 7 nitrogen and oxygen atoms in total. The van der Waals surface area contributed by atoms with Crippen molar-refractivity contribution in [1.29, 1.82) is 0 Å². The largest absolute Gasteiger partial charge is 0.376 e. The van der Waals surface area contributed by atoms with E-state index in [1.807, 2.05) is 7.05 Å². The van der Waals surface area contributed by atoms with Gasteiger partial charge in [0, 0.05) is 72.1 Å². The fourth-order valence-corrected chi connectivity index (χ4v) is 4.88. The first-order valence-electron chi connectivity index (χ1n) is 11.0. The number of guanidine groups is 1. The summed E-state index contributed by atoms with van der Waals surface area (Å²) in [5, 5.41) is 3.64. The van der Waals surface area contributed by atoms with Gasteiger partial charge in [0.2, 0.25) is 0 Å². The molecule has 5 saturated heterocycles. The molecule has 5 rings (SSSR count). The van der Waals surface area contributed by atoms with Gasteiger partial charge in [-0.25, -0.2) is 0 Å². The summed E-state index contributed by atoms with van der Waals surface area (Å²) in [7, 11) is 1.90. The molecule has 0 amide bonds. The van der Waals surface area contributed by atoms with Gasteiger partial charge in [-0.2, -0.15) is 0 Å². The van der Waals surface area contributed by atoms with Crippen LogP contribution in [0.15, 0.2) is 4.99 Å². The van der Waals surface area contributed by atoms with Crippen molar-refractivity contribution >= 4 is 29.9 Å². The number of aliphatic imine (C=N–C) groups is 1. The molecule has 5 aliphatic rings. The first-order valence-corrected chi connectivity index (χ1v) is 11.0. The first kappa shape index (κ1) is 22.5. The van der Waals surface area contributed by atoms with Crippen molar-refractivity contribution in [3.63, 3.8) is 0 Å². The normalized spacial score (nSPS) is 34.2. The predicted molar refractivity (Wildman–Crippen MR) is 123 cm³/mol. The maximum atomic E-state index is 6.15. The van der Waals surface area contributed by atoms with Crippen LogP contribution in [0.3, 0.4) is 0 Å². The minimum atomic E-state index is 0. The molecule has 0 aromatic heterocycles. The van der Waals surface area contributed by atoms with E-state index in [4.69, 9.17) is 9.47 Å². The van der Waals surface area contributed by atoms with E-state index in [-0.39, 0.29) is 24.0 Å². The SMILES string of the molecule is CN=C(NCC1CN2CCN1CC2)N1CCC(OCC2CCCCO2)CC1.I.